The molecule has 192 valence electrons. The van der Waals surface area contributed by atoms with Crippen molar-refractivity contribution in [2.45, 2.75) is 97.3 Å². The van der Waals surface area contributed by atoms with Crippen molar-refractivity contribution in [3.63, 3.8) is 0 Å². The molecule has 1 aliphatic heterocycles. The molecule has 1 aromatic rings. The van der Waals surface area contributed by atoms with E-state index >= 15 is 0 Å². The Kier molecular flexibility index (Phi) is 8.25. The van der Waals surface area contributed by atoms with E-state index < -0.39 is 5.97 Å². The Morgan fingerprint density at radius 3 is 2.26 bits per heavy atom. The standard InChI is InChI=1S/C28H39NO5S/c1-18-5-7-19(8-6-18)26(30)29(20-9-11-21(12-10-20)34-22-16-33-17-22)24-15-23(13-14-28(2,3)4)35-25(24)27(31)32/h15,18-22H,5-12,16-17H2,1-4H3,(H,31,32). The fraction of sp³-hybridized carbons (Fsp3) is 0.714. The predicted octanol–water partition coefficient (Wildman–Crippen LogP) is 5.73. The first-order valence-electron chi connectivity index (χ1n) is 13.1. The summed E-state index contributed by atoms with van der Waals surface area (Å²) in [6, 6.07) is 1.82. The molecule has 4 rings (SSSR count). The number of anilines is 1. The summed E-state index contributed by atoms with van der Waals surface area (Å²) in [4.78, 5) is 29.0. The number of hydrogen-bond donors (Lipinski definition) is 1. The van der Waals surface area contributed by atoms with Gasteiger partial charge in [-0.3, -0.25) is 4.79 Å². The Balaban J connectivity index is 1.61. The fourth-order valence-electron chi connectivity index (χ4n) is 5.23. The molecule has 0 unspecified atom stereocenters. The topological polar surface area (TPSA) is 76.1 Å². The third-order valence-electron chi connectivity index (χ3n) is 7.33. The second kappa shape index (κ2) is 11.0. The highest BCUT2D eigenvalue weighted by molar-refractivity contribution is 7.15. The van der Waals surface area contributed by atoms with Crippen molar-refractivity contribution in [1.82, 2.24) is 0 Å². The van der Waals surface area contributed by atoms with Gasteiger partial charge < -0.3 is 19.5 Å². The molecule has 3 aliphatic rings. The maximum Gasteiger partial charge on any atom is 0.348 e. The molecule has 1 saturated heterocycles. The molecule has 35 heavy (non-hydrogen) atoms. The van der Waals surface area contributed by atoms with Gasteiger partial charge in [0.25, 0.3) is 0 Å². The van der Waals surface area contributed by atoms with Crippen LogP contribution in [0.15, 0.2) is 6.07 Å². The summed E-state index contributed by atoms with van der Waals surface area (Å²) in [5.74, 6) is 6.06. The van der Waals surface area contributed by atoms with Gasteiger partial charge in [-0.1, -0.05) is 18.8 Å². The number of nitrogens with zero attached hydrogens (tertiary/aromatic N) is 1. The maximum atomic E-state index is 14.0. The van der Waals surface area contributed by atoms with E-state index in [-0.39, 0.29) is 40.4 Å². The van der Waals surface area contributed by atoms with Crippen LogP contribution in [0.1, 0.15) is 93.6 Å². The van der Waals surface area contributed by atoms with Crippen LogP contribution in [-0.2, 0) is 14.3 Å². The highest BCUT2D eigenvalue weighted by Crippen LogP contribution is 2.39. The molecule has 1 amide bonds. The minimum Gasteiger partial charge on any atom is -0.477 e. The second-order valence-electron chi connectivity index (χ2n) is 11.5. The third kappa shape index (κ3) is 6.67. The van der Waals surface area contributed by atoms with Crippen molar-refractivity contribution in [2.24, 2.45) is 17.3 Å². The first-order valence-corrected chi connectivity index (χ1v) is 13.9. The molecule has 0 radical (unpaired) electrons. The van der Waals surface area contributed by atoms with Crippen molar-refractivity contribution < 1.29 is 24.2 Å². The second-order valence-corrected chi connectivity index (χ2v) is 12.6. The molecule has 6 nitrogen and oxygen atoms in total. The van der Waals surface area contributed by atoms with Crippen molar-refractivity contribution in [3.05, 3.63) is 15.8 Å². The summed E-state index contributed by atoms with van der Waals surface area (Å²) >= 11 is 1.18. The van der Waals surface area contributed by atoms with Crippen LogP contribution in [0.2, 0.25) is 0 Å². The number of rotatable bonds is 6. The number of carbonyl (C=O) groups excluding carboxylic acids is 1. The largest absolute Gasteiger partial charge is 0.477 e. The number of hydrogen-bond acceptors (Lipinski definition) is 5. The molecular weight excluding hydrogens is 462 g/mol. The van der Waals surface area contributed by atoms with Gasteiger partial charge in [0, 0.05) is 17.4 Å². The number of carboxylic acids is 1. The van der Waals surface area contributed by atoms with Gasteiger partial charge in [0.15, 0.2) is 0 Å². The van der Waals surface area contributed by atoms with E-state index in [2.05, 4.69) is 18.8 Å². The van der Waals surface area contributed by atoms with E-state index in [1.165, 1.54) is 11.3 Å². The summed E-state index contributed by atoms with van der Waals surface area (Å²) < 4.78 is 11.4. The zero-order valence-corrected chi connectivity index (χ0v) is 22.3. The maximum absolute atomic E-state index is 14.0. The fourth-order valence-corrected chi connectivity index (χ4v) is 6.07. The van der Waals surface area contributed by atoms with Crippen LogP contribution in [0, 0.1) is 29.1 Å². The summed E-state index contributed by atoms with van der Waals surface area (Å²) in [5.41, 5.74) is 0.340. The van der Waals surface area contributed by atoms with Gasteiger partial charge in [-0.15, -0.1) is 11.3 Å². The Labute approximate surface area is 213 Å². The van der Waals surface area contributed by atoms with Gasteiger partial charge in [0.05, 0.1) is 29.9 Å². The molecule has 0 bridgehead atoms. The molecule has 2 saturated carbocycles. The van der Waals surface area contributed by atoms with E-state index in [0.29, 0.717) is 29.7 Å². The van der Waals surface area contributed by atoms with Crippen LogP contribution in [-0.4, -0.2) is 48.4 Å². The van der Waals surface area contributed by atoms with E-state index in [1.807, 2.05) is 31.7 Å². The lowest BCUT2D eigenvalue weighted by atomic mass is 9.81. The Morgan fingerprint density at radius 1 is 1.06 bits per heavy atom. The third-order valence-corrected chi connectivity index (χ3v) is 8.36. The van der Waals surface area contributed by atoms with Crippen LogP contribution < -0.4 is 4.90 Å². The predicted molar refractivity (Wildman–Crippen MR) is 138 cm³/mol. The molecule has 0 atom stereocenters. The van der Waals surface area contributed by atoms with Gasteiger partial charge in [-0.05, 0) is 84.1 Å². The molecule has 0 spiro atoms. The Morgan fingerprint density at radius 2 is 1.71 bits per heavy atom. The smallest absolute Gasteiger partial charge is 0.348 e. The Hall–Kier alpha value is -1.88. The summed E-state index contributed by atoms with van der Waals surface area (Å²) in [6.07, 6.45) is 7.58. The zero-order chi connectivity index (χ0) is 25.2. The van der Waals surface area contributed by atoms with Crippen LogP contribution in [0.5, 0.6) is 0 Å². The van der Waals surface area contributed by atoms with Gasteiger partial charge in [0.2, 0.25) is 5.91 Å². The Bertz CT molecular complexity index is 964. The number of carboxylic acid groups (broad SMARTS) is 1. The zero-order valence-electron chi connectivity index (χ0n) is 21.5. The van der Waals surface area contributed by atoms with Crippen molar-refractivity contribution in [3.8, 4) is 11.8 Å². The van der Waals surface area contributed by atoms with E-state index in [9.17, 15) is 14.7 Å². The number of ether oxygens (including phenoxy) is 2. The highest BCUT2D eigenvalue weighted by atomic mass is 32.1. The summed E-state index contributed by atoms with van der Waals surface area (Å²) in [6.45, 7) is 9.67. The number of aromatic carboxylic acids is 1. The first-order chi connectivity index (χ1) is 16.6. The quantitative estimate of drug-likeness (QED) is 0.504. The lowest BCUT2D eigenvalue weighted by Gasteiger charge is -2.40. The average Bonchev–Trinajstić information content (AvgIpc) is 3.20. The van der Waals surface area contributed by atoms with Crippen LogP contribution >= 0.6 is 11.3 Å². The summed E-state index contributed by atoms with van der Waals surface area (Å²) in [5, 5.41) is 10.0. The highest BCUT2D eigenvalue weighted by Gasteiger charge is 2.38. The first kappa shape index (κ1) is 26.2. The minimum absolute atomic E-state index is 0.0181. The molecule has 1 aromatic heterocycles. The number of amides is 1. The molecule has 7 heteroatoms. The van der Waals surface area contributed by atoms with Crippen LogP contribution in [0.25, 0.3) is 0 Å². The van der Waals surface area contributed by atoms with Gasteiger partial charge in [-0.2, -0.15) is 0 Å². The van der Waals surface area contributed by atoms with Gasteiger partial charge >= 0.3 is 5.97 Å². The SMILES string of the molecule is CC1CCC(C(=O)N(c2cc(C#CC(C)(C)C)sc2C(=O)O)C2CCC(OC3COC3)CC2)CC1. The van der Waals surface area contributed by atoms with E-state index in [0.717, 1.165) is 51.4 Å². The van der Waals surface area contributed by atoms with Crippen molar-refractivity contribution in [2.75, 3.05) is 18.1 Å². The molecule has 2 aliphatic carbocycles. The average molecular weight is 502 g/mol. The van der Waals surface area contributed by atoms with E-state index in [4.69, 9.17) is 9.47 Å². The van der Waals surface area contributed by atoms with Crippen molar-refractivity contribution in [1.29, 1.82) is 0 Å². The number of carbonyl (C=O) groups is 2. The normalized spacial score (nSPS) is 27.4. The summed E-state index contributed by atoms with van der Waals surface area (Å²) in [7, 11) is 0. The monoisotopic (exact) mass is 501 g/mol. The lowest BCUT2D eigenvalue weighted by molar-refractivity contribution is -0.160. The van der Waals surface area contributed by atoms with Crippen LogP contribution in [0.3, 0.4) is 0 Å². The molecule has 3 fully saturated rings. The number of thiophene rings is 1. The lowest BCUT2D eigenvalue weighted by Crippen LogP contribution is -2.48. The van der Waals surface area contributed by atoms with E-state index in [1.54, 1.807) is 0 Å². The molecular formula is C28H39NO5S. The van der Waals surface area contributed by atoms with Gasteiger partial charge in [0.1, 0.15) is 11.0 Å². The molecule has 2 heterocycles. The van der Waals surface area contributed by atoms with Crippen molar-refractivity contribution >= 4 is 28.9 Å². The van der Waals surface area contributed by atoms with Gasteiger partial charge in [-0.25, -0.2) is 4.79 Å². The molecule has 1 N–H and O–H groups in total. The van der Waals surface area contributed by atoms with Crippen LogP contribution in [0.4, 0.5) is 5.69 Å². The minimum atomic E-state index is -0.995. The molecule has 0 aromatic carbocycles.